The third-order valence-corrected chi connectivity index (χ3v) is 49.0. The maximum absolute atomic E-state index is 13.6. The van der Waals surface area contributed by atoms with Crippen LogP contribution in [0.4, 0.5) is 37.0 Å². The number of nitrogens with zero attached hydrogens (tertiary/aromatic N) is 12. The smallest absolute Gasteiger partial charge is 0.414 e. The lowest BCUT2D eigenvalue weighted by Gasteiger charge is -2.51. The average Bonchev–Trinajstić information content (AvgIpc) is 1.49. The molecule has 14 rings (SSSR count). The highest BCUT2D eigenvalue weighted by Gasteiger charge is 2.66. The minimum atomic E-state index is -6.14. The standard InChI is InChI=1S/C23H38F3N5O8SSi2.C22H38ClN5O5Si2.C10H15ClN5O13P3.C10H12ClN5O4/c1-11(2)41(12(3)4)35-9-15-17(38-42(39-41,13(5)6)14(7)8)18(37-40(33,34)23(24,25)26)21(36-15)31-10-28-16-19(31)29-22(27)30-20(16)32;1-11(2)34(12(3)4)30-9-15-18(32-35(33-34,13(5)6)14(7)8)16(23)21(31-15)28-10-25-17-19(28)26-22(24)27-20(17)29;11-4-6(17)3(1-26-31(22,23)29-32(24,25)28-30(19,20)21)27-9(4)16-2-13-5-7(16)14-10(12)15-8(5)18;11-4-6(18)3(1-17)20-9(4)16-2-13-5-7(16)14-10(12)15-8(5)19/h10-15,17-18,21H,9H2,1-8H3,(H3,27,29,30,32);10-16,18,21H,9H2,1-8H3,(H3,24,26,27,29);2-4,6,9,17H,1H2,(H,22,23)(H,24,25)(H2,19,20,21)(H3,12,14,15,18);2-4,6,9,17-18H,1H2,(H3,12,14,15,19)/t15-,17+,18?,21-;15-,16?,18+,21-;2*3-,4?,6+,9-/m1111/s1. The lowest BCUT2D eigenvalue weighted by Crippen LogP contribution is -2.66. The highest BCUT2D eigenvalue weighted by atomic mass is 35.5. The number of H-pyrrole nitrogens is 4. The number of phosphoric acid groups is 3. The molecule has 722 valence electrons. The molecule has 0 amide bonds. The summed E-state index contributed by atoms with van der Waals surface area (Å²) < 4.78 is 187. The Hall–Kier alpha value is -6.07. The molecule has 19 N–H and O–H groups in total. The first-order valence-electron chi connectivity index (χ1n) is 39.9. The van der Waals surface area contributed by atoms with Crippen LogP contribution in [0, 0.1) is 0 Å². The summed E-state index contributed by atoms with van der Waals surface area (Å²) in [7, 11) is -34.9. The van der Waals surface area contributed by atoms with Crippen LogP contribution in [0.15, 0.2) is 44.5 Å². The zero-order valence-electron chi connectivity index (χ0n) is 71.7. The van der Waals surface area contributed by atoms with Gasteiger partial charge in [-0.05, 0) is 44.3 Å². The van der Waals surface area contributed by atoms with Crippen molar-refractivity contribution in [3.05, 3.63) is 66.7 Å². The minimum Gasteiger partial charge on any atom is -0.414 e. The number of nitrogen functional groups attached to an aromatic ring is 4. The SMILES string of the molecule is CC(C)[Si]1(C(C)C)OC[C@H]2O[C@@H](n3cnc4c(=O)[nH]c(N)nc43)C(Cl)[C@H]2O[Si](C(C)C)(C(C)C)O1.CC(C)[Si]1(C(C)C)OC[C@H]2O[C@@H](n3cnc4c(=O)[nH]c(N)nc43)C(OS(=O)(=O)C(F)(F)F)[C@H]2O[Si](C(C)C)(C(C)C)O1.Nc1nc2c(ncn2[C@@H]2O[C@H](CO)[C@H](O)C2Cl)c(=O)[nH]1.Nc1nc2c(ncn2[C@@H]2O[C@H](COP(=O)(O)OP(=O)(O)OP(=O)(O)O)[C@H](O)C2Cl)c(=O)[nH]1. The molecule has 0 aromatic carbocycles. The third kappa shape index (κ3) is 20.9. The monoisotopic (exact) mass is 2040 g/mol. The number of aliphatic hydroxyl groups excluding tert-OH is 3. The van der Waals surface area contributed by atoms with Gasteiger partial charge in [-0.3, -0.25) is 66.1 Å². The molecule has 6 aliphatic heterocycles. The number of fused-ring (bicyclic) bond motifs is 6. The van der Waals surface area contributed by atoms with Gasteiger partial charge >= 0.3 is 73.3 Å². The van der Waals surface area contributed by atoms with Gasteiger partial charge in [-0.15, -0.1) is 34.8 Å². The first-order valence-corrected chi connectivity index (χ1v) is 55.1. The summed E-state index contributed by atoms with van der Waals surface area (Å²) in [5, 5.41) is 26.6. The van der Waals surface area contributed by atoms with Gasteiger partial charge in [0.25, 0.3) is 22.2 Å². The Bertz CT molecular complexity index is 5870. The first-order chi connectivity index (χ1) is 59.7. The molecule has 129 heavy (non-hydrogen) atoms. The minimum absolute atomic E-state index is 0.00283. The summed E-state index contributed by atoms with van der Waals surface area (Å²) in [6.07, 6.45) is -9.15. The summed E-state index contributed by atoms with van der Waals surface area (Å²) in [6.45, 7) is 31.8. The fraction of sp³-hybridized carbons (Fsp3) is 0.692. The normalized spacial score (nSPS) is 28.1. The van der Waals surface area contributed by atoms with Gasteiger partial charge in [0, 0.05) is 0 Å². The molecular weight excluding hydrogens is 1940 g/mol. The van der Waals surface area contributed by atoms with Gasteiger partial charge < -0.3 is 103 Å². The number of phosphoric ester groups is 1. The third-order valence-electron chi connectivity index (χ3n) is 22.2. The number of rotatable bonds is 22. The second-order valence-electron chi connectivity index (χ2n) is 33.3. The fourth-order valence-electron chi connectivity index (χ4n) is 16.1. The van der Waals surface area contributed by atoms with E-state index in [1.807, 2.05) is 55.4 Å². The van der Waals surface area contributed by atoms with Crippen molar-refractivity contribution in [3.8, 4) is 0 Å². The largest absolute Gasteiger partial charge is 0.523 e. The van der Waals surface area contributed by atoms with Crippen molar-refractivity contribution < 1.29 is 132 Å². The molecule has 0 spiro atoms. The van der Waals surface area contributed by atoms with Crippen LogP contribution in [-0.4, -0.2) is 259 Å². The van der Waals surface area contributed by atoms with E-state index in [2.05, 4.69) is 128 Å². The number of aromatic nitrogens is 16. The van der Waals surface area contributed by atoms with Gasteiger partial charge in [0.2, 0.25) is 23.8 Å². The van der Waals surface area contributed by atoms with Crippen LogP contribution in [0.25, 0.3) is 44.7 Å². The van der Waals surface area contributed by atoms with Crippen molar-refractivity contribution in [2.24, 2.45) is 0 Å². The molecule has 50 nitrogen and oxygen atoms in total. The molecule has 0 saturated carbocycles. The molecule has 0 radical (unpaired) electrons. The second-order valence-corrected chi connectivity index (χ2v) is 58.5. The van der Waals surface area contributed by atoms with Crippen LogP contribution in [0.1, 0.15) is 136 Å². The molecule has 14 heterocycles. The predicted molar refractivity (Wildman–Crippen MR) is 461 cm³/mol. The van der Waals surface area contributed by atoms with Crippen molar-refractivity contribution in [2.45, 2.75) is 257 Å². The van der Waals surface area contributed by atoms with E-state index in [-0.39, 0.29) is 120 Å². The quantitative estimate of drug-likeness (QED) is 0.0132. The average molecular weight is 2050 g/mol. The number of halogens is 6. The lowest BCUT2D eigenvalue weighted by molar-refractivity contribution is -0.0694. The van der Waals surface area contributed by atoms with Crippen molar-refractivity contribution in [3.63, 3.8) is 0 Å². The summed E-state index contributed by atoms with van der Waals surface area (Å²) >= 11 is 19.3. The molecule has 6 aliphatic rings. The Morgan fingerprint density at radius 1 is 0.488 bits per heavy atom. The van der Waals surface area contributed by atoms with Gasteiger partial charge in [-0.2, -0.15) is 50.1 Å². The number of alkyl halides is 6. The topological polar surface area (TPSA) is 715 Å². The zero-order chi connectivity index (χ0) is 95.9. The number of imidazole rings is 4. The molecule has 6 unspecified atom stereocenters. The van der Waals surface area contributed by atoms with Crippen LogP contribution in [0.2, 0.25) is 44.3 Å². The first kappa shape index (κ1) is 103. The van der Waals surface area contributed by atoms with Gasteiger partial charge in [-0.1, -0.05) is 111 Å². The Morgan fingerprint density at radius 3 is 1.12 bits per heavy atom. The molecule has 8 aromatic heterocycles. The predicted octanol–water partition coefficient (Wildman–Crippen LogP) is 5.42. The number of ether oxygens (including phenoxy) is 4. The van der Waals surface area contributed by atoms with Gasteiger partial charge in [0.1, 0.15) is 58.9 Å². The maximum Gasteiger partial charge on any atom is 0.523 e. The number of aromatic amines is 4. The molecule has 8 aromatic rings. The van der Waals surface area contributed by atoms with Gasteiger partial charge in [-0.25, -0.2) is 33.6 Å². The van der Waals surface area contributed by atoms with Crippen LogP contribution >= 0.6 is 58.3 Å². The summed E-state index contributed by atoms with van der Waals surface area (Å²) in [6, 6.07) is 0. The fourth-order valence-corrected chi connectivity index (χ4v) is 43.3. The molecule has 6 saturated heterocycles. The molecule has 64 heteroatoms. The van der Waals surface area contributed by atoms with Crippen LogP contribution < -0.4 is 45.2 Å². The lowest BCUT2D eigenvalue weighted by atomic mass is 10.1. The molecular formula is C65H103Cl3F3N20O30P3SSi4. The van der Waals surface area contributed by atoms with Crippen molar-refractivity contribution in [1.82, 2.24) is 78.1 Å². The van der Waals surface area contributed by atoms with Gasteiger partial charge in [0.05, 0.1) is 57.8 Å². The van der Waals surface area contributed by atoms with E-state index in [1.54, 1.807) is 4.57 Å². The molecule has 0 bridgehead atoms. The number of hydrogen-bond acceptors (Lipinski definition) is 38. The number of anilines is 4. The van der Waals surface area contributed by atoms with Crippen molar-refractivity contribution in [1.29, 1.82) is 0 Å². The van der Waals surface area contributed by atoms with Crippen LogP contribution in [-0.2, 0) is 86.0 Å². The van der Waals surface area contributed by atoms with Gasteiger partial charge in [0.15, 0.2) is 75.7 Å². The Labute approximate surface area is 750 Å². The highest BCUT2D eigenvalue weighted by molar-refractivity contribution is 7.87. The van der Waals surface area contributed by atoms with Crippen molar-refractivity contribution >= 4 is 171 Å². The molecule has 6 fully saturated rings. The van der Waals surface area contributed by atoms with Crippen LogP contribution in [0.3, 0.4) is 0 Å². The van der Waals surface area contributed by atoms with Crippen LogP contribution in [0.5, 0.6) is 0 Å². The number of aliphatic hydroxyl groups is 3. The Kier molecular flexibility index (Phi) is 31.2. The molecule has 18 atom stereocenters. The zero-order valence-corrected chi connectivity index (χ0v) is 81.5. The van der Waals surface area contributed by atoms with E-state index in [9.17, 15) is 69.6 Å². The number of nitrogens with two attached hydrogens (primary N) is 4. The van der Waals surface area contributed by atoms with Crippen molar-refractivity contribution in [2.75, 3.05) is 49.4 Å². The van der Waals surface area contributed by atoms with E-state index in [4.69, 9.17) is 127 Å². The Morgan fingerprint density at radius 2 is 0.798 bits per heavy atom. The van der Waals surface area contributed by atoms with E-state index < -0.39 is 198 Å². The van der Waals surface area contributed by atoms with E-state index >= 15 is 0 Å². The number of hydrogen-bond donors (Lipinski definition) is 15. The Balaban J connectivity index is 0.000000171. The molecule has 0 aliphatic carbocycles. The maximum atomic E-state index is 13.6. The summed E-state index contributed by atoms with van der Waals surface area (Å²) in [5.74, 6) is -0.587. The van der Waals surface area contributed by atoms with E-state index in [0.29, 0.717) is 12.3 Å². The second kappa shape index (κ2) is 39.0. The van der Waals surface area contributed by atoms with E-state index in [1.165, 1.54) is 21.8 Å². The summed E-state index contributed by atoms with van der Waals surface area (Å²) in [4.78, 5) is 126. The van der Waals surface area contributed by atoms with E-state index in [0.717, 1.165) is 17.2 Å². The highest BCUT2D eigenvalue weighted by Crippen LogP contribution is 2.67. The number of nitrogens with one attached hydrogen (secondary N) is 4. The summed E-state index contributed by atoms with van der Waals surface area (Å²) in [5.41, 5.74) is 15.1.